The third kappa shape index (κ3) is 7.26. The Balaban J connectivity index is 1.04. The monoisotopic (exact) mass is 705 g/mol. The van der Waals surface area contributed by atoms with E-state index < -0.39 is 37.0 Å². The summed E-state index contributed by atoms with van der Waals surface area (Å²) in [5.41, 5.74) is 4.75. The second-order valence-corrected chi connectivity index (χ2v) is 12.2. The molecule has 1 fully saturated rings. The van der Waals surface area contributed by atoms with E-state index in [4.69, 9.17) is 18.9 Å². The number of nitrogens with one attached hydrogen (secondary N) is 3. The zero-order valence-electron chi connectivity index (χ0n) is 28.6. The lowest BCUT2D eigenvalue weighted by Gasteiger charge is -2.22. The van der Waals surface area contributed by atoms with Gasteiger partial charge in [0.25, 0.3) is 0 Å². The molecule has 0 aliphatic carbocycles. The van der Waals surface area contributed by atoms with Gasteiger partial charge in [0.15, 0.2) is 23.2 Å². The Kier molecular flexibility index (Phi) is 10.3. The van der Waals surface area contributed by atoms with Crippen LogP contribution in [0.3, 0.4) is 0 Å². The number of fused-ring (bicyclic) bond motifs is 2. The minimum Gasteiger partial charge on any atom is -0.497 e. The third-order valence-corrected chi connectivity index (χ3v) is 8.98. The van der Waals surface area contributed by atoms with Gasteiger partial charge in [0.05, 0.1) is 32.7 Å². The zero-order valence-corrected chi connectivity index (χ0v) is 28.6. The highest BCUT2D eigenvalue weighted by Crippen LogP contribution is 2.33. The van der Waals surface area contributed by atoms with Crippen molar-refractivity contribution in [3.05, 3.63) is 108 Å². The molecule has 1 aliphatic heterocycles. The fourth-order valence-corrected chi connectivity index (χ4v) is 6.33. The number of methoxy groups -OCH3 is 2. The molecule has 0 bridgehead atoms. The number of hydrogen-bond acceptors (Lipinski definition) is 11. The van der Waals surface area contributed by atoms with E-state index in [1.807, 2.05) is 48.7 Å². The maximum absolute atomic E-state index is 13.1. The van der Waals surface area contributed by atoms with Crippen LogP contribution in [0.15, 0.2) is 91.7 Å². The number of hydrogen-bond donors (Lipinski definition) is 5. The topological polar surface area (TPSA) is 178 Å². The van der Waals surface area contributed by atoms with E-state index in [0.717, 1.165) is 27.8 Å². The van der Waals surface area contributed by atoms with Gasteiger partial charge >= 0.3 is 0 Å². The van der Waals surface area contributed by atoms with Gasteiger partial charge in [0.1, 0.15) is 48.4 Å². The van der Waals surface area contributed by atoms with Crippen LogP contribution in [0.2, 0.25) is 0 Å². The highest BCUT2D eigenvalue weighted by molar-refractivity contribution is 5.92. The second kappa shape index (κ2) is 15.5. The maximum Gasteiger partial charge on any atom is 0.244 e. The molecule has 6 aromatic rings. The van der Waals surface area contributed by atoms with Crippen molar-refractivity contribution < 1.29 is 34.0 Å². The number of rotatable bonds is 14. The van der Waals surface area contributed by atoms with E-state index in [2.05, 4.69) is 36.6 Å². The number of imidazole rings is 1. The first-order chi connectivity index (χ1) is 25.4. The SMILES string of the molecule is COc1cc(/C=C/C(=O)N[C@@H]2[C@H](O)[C@@H](CO)O[C@H]2n2cnc3c(NCCc4c[nH]c5c(OCc6ccccc6)cccc45)ncnc32)cc(OC)c1. The van der Waals surface area contributed by atoms with E-state index >= 15 is 0 Å². The Morgan fingerprint density at radius 2 is 1.85 bits per heavy atom. The average molecular weight is 706 g/mol. The maximum atomic E-state index is 13.1. The molecule has 1 amide bonds. The predicted octanol–water partition coefficient (Wildman–Crippen LogP) is 4.01. The Labute approximate surface area is 299 Å². The number of anilines is 1. The first kappa shape index (κ1) is 34.5. The smallest absolute Gasteiger partial charge is 0.244 e. The normalized spacial score (nSPS) is 18.6. The van der Waals surface area contributed by atoms with Crippen molar-refractivity contribution in [2.24, 2.45) is 0 Å². The zero-order chi connectivity index (χ0) is 36.0. The molecule has 0 saturated carbocycles. The van der Waals surface area contributed by atoms with Crippen LogP contribution in [0.4, 0.5) is 5.82 Å². The second-order valence-electron chi connectivity index (χ2n) is 12.2. The van der Waals surface area contributed by atoms with Crippen molar-refractivity contribution in [3.8, 4) is 17.2 Å². The molecular weight excluding hydrogens is 666 g/mol. The number of carbonyl (C=O) groups excluding carboxylic acids is 1. The van der Waals surface area contributed by atoms with Crippen LogP contribution in [-0.4, -0.2) is 86.2 Å². The van der Waals surface area contributed by atoms with E-state index in [9.17, 15) is 15.0 Å². The van der Waals surface area contributed by atoms with Crippen LogP contribution in [0, 0.1) is 0 Å². The van der Waals surface area contributed by atoms with E-state index in [1.54, 1.807) is 43.1 Å². The number of H-pyrrole nitrogens is 1. The highest BCUT2D eigenvalue weighted by atomic mass is 16.5. The summed E-state index contributed by atoms with van der Waals surface area (Å²) >= 11 is 0. The van der Waals surface area contributed by atoms with E-state index in [0.29, 0.717) is 53.6 Å². The van der Waals surface area contributed by atoms with Gasteiger partial charge in [-0.2, -0.15) is 0 Å². The molecule has 7 rings (SSSR count). The Hall–Kier alpha value is -5.96. The summed E-state index contributed by atoms with van der Waals surface area (Å²) in [4.78, 5) is 29.9. The summed E-state index contributed by atoms with van der Waals surface area (Å²) in [5.74, 6) is 1.97. The summed E-state index contributed by atoms with van der Waals surface area (Å²) in [5, 5.41) is 28.3. The van der Waals surface area contributed by atoms with Gasteiger partial charge in [-0.15, -0.1) is 0 Å². The molecular formula is C38H39N7O7. The van der Waals surface area contributed by atoms with Gasteiger partial charge in [-0.05, 0) is 47.4 Å². The van der Waals surface area contributed by atoms with Crippen LogP contribution < -0.4 is 24.8 Å². The third-order valence-electron chi connectivity index (χ3n) is 8.98. The van der Waals surface area contributed by atoms with Crippen LogP contribution >= 0.6 is 0 Å². The fourth-order valence-electron chi connectivity index (χ4n) is 6.33. The van der Waals surface area contributed by atoms with Crippen LogP contribution in [0.25, 0.3) is 28.1 Å². The largest absolute Gasteiger partial charge is 0.497 e. The molecule has 3 aromatic carbocycles. The highest BCUT2D eigenvalue weighted by Gasteiger charge is 2.45. The van der Waals surface area contributed by atoms with Crippen molar-refractivity contribution in [2.45, 2.75) is 37.5 Å². The first-order valence-electron chi connectivity index (χ1n) is 16.8. The molecule has 3 aromatic heterocycles. The van der Waals surface area contributed by atoms with E-state index in [-0.39, 0.29) is 0 Å². The van der Waals surface area contributed by atoms with Crippen molar-refractivity contribution in [1.29, 1.82) is 0 Å². The summed E-state index contributed by atoms with van der Waals surface area (Å²) in [7, 11) is 3.09. The number of aliphatic hydroxyl groups is 2. The van der Waals surface area contributed by atoms with Gasteiger partial charge in [-0.3, -0.25) is 9.36 Å². The molecule has 14 nitrogen and oxygen atoms in total. The number of ether oxygens (including phenoxy) is 4. The van der Waals surface area contributed by atoms with Gasteiger partial charge in [-0.1, -0.05) is 42.5 Å². The van der Waals surface area contributed by atoms with Crippen molar-refractivity contribution in [2.75, 3.05) is 32.7 Å². The summed E-state index contributed by atoms with van der Waals surface area (Å²) < 4.78 is 24.4. The number of aliphatic hydroxyl groups excluding tert-OH is 2. The lowest BCUT2D eigenvalue weighted by molar-refractivity contribution is -0.118. The average Bonchev–Trinajstić information content (AvgIpc) is 3.89. The molecule has 52 heavy (non-hydrogen) atoms. The molecule has 4 heterocycles. The Morgan fingerprint density at radius 3 is 2.62 bits per heavy atom. The number of para-hydroxylation sites is 1. The Morgan fingerprint density at radius 1 is 1.04 bits per heavy atom. The van der Waals surface area contributed by atoms with Gasteiger partial charge in [-0.25, -0.2) is 15.0 Å². The van der Waals surface area contributed by atoms with Crippen molar-refractivity contribution >= 4 is 39.9 Å². The Bertz CT molecular complexity index is 2160. The van der Waals surface area contributed by atoms with Gasteiger partial charge in [0, 0.05) is 30.3 Å². The lowest BCUT2D eigenvalue weighted by atomic mass is 10.1. The molecule has 0 radical (unpaired) electrons. The minimum absolute atomic E-state index is 0.429. The number of aromatic amines is 1. The number of carbonyl (C=O) groups is 1. The summed E-state index contributed by atoms with van der Waals surface area (Å²) in [6.07, 6.45) is 5.49. The molecule has 14 heteroatoms. The molecule has 0 unspecified atom stereocenters. The number of aromatic nitrogens is 5. The minimum atomic E-state index is -1.21. The fraction of sp³-hybridized carbons (Fsp3) is 0.263. The predicted molar refractivity (Wildman–Crippen MR) is 194 cm³/mol. The molecule has 1 aliphatic rings. The van der Waals surface area contributed by atoms with Crippen LogP contribution in [-0.2, 0) is 22.6 Å². The quantitative estimate of drug-likeness (QED) is 0.104. The molecule has 0 spiro atoms. The number of amides is 1. The van der Waals surface area contributed by atoms with Crippen molar-refractivity contribution in [3.63, 3.8) is 0 Å². The standard InChI is InChI=1S/C38H39N7O7/c1-49-26-15-24(16-27(17-26)50-2)11-12-31(47)44-33-35(48)30(19-46)52-38(33)45-22-43-34-36(41-21-42-37(34)45)39-14-13-25-18-40-32-28(25)9-6-10-29(32)51-20-23-7-4-3-5-8-23/h3-12,15-18,21-22,30,33,35,38,40,46,48H,13-14,19-20H2,1-2H3,(H,44,47)(H,39,41,42)/b12-11+/t30-,33-,35-,38-/m1/s1. The van der Waals surface area contributed by atoms with Crippen LogP contribution in [0.5, 0.6) is 17.2 Å². The van der Waals surface area contributed by atoms with Gasteiger partial charge in [0.2, 0.25) is 5.91 Å². The molecule has 5 N–H and O–H groups in total. The van der Waals surface area contributed by atoms with Gasteiger partial charge < -0.3 is 44.8 Å². The number of benzene rings is 3. The molecule has 1 saturated heterocycles. The molecule has 268 valence electrons. The number of nitrogens with zero attached hydrogens (tertiary/aromatic N) is 4. The molecule has 4 atom stereocenters. The summed E-state index contributed by atoms with van der Waals surface area (Å²) in [6, 6.07) is 20.4. The first-order valence-corrected chi connectivity index (χ1v) is 16.8. The van der Waals surface area contributed by atoms with Crippen molar-refractivity contribution in [1.82, 2.24) is 29.8 Å². The van der Waals surface area contributed by atoms with Crippen LogP contribution in [0.1, 0.15) is 22.9 Å². The summed E-state index contributed by atoms with van der Waals surface area (Å²) in [6.45, 7) is 0.574. The van der Waals surface area contributed by atoms with E-state index in [1.165, 1.54) is 18.7 Å². The lowest BCUT2D eigenvalue weighted by Crippen LogP contribution is -2.46.